The number of imidazole rings is 1. The van der Waals surface area contributed by atoms with Crippen molar-refractivity contribution in [1.29, 1.82) is 0 Å². The predicted molar refractivity (Wildman–Crippen MR) is 137 cm³/mol. The van der Waals surface area contributed by atoms with Gasteiger partial charge in [-0.2, -0.15) is 4.37 Å². The summed E-state index contributed by atoms with van der Waals surface area (Å²) in [5.41, 5.74) is 0.152. The molecule has 1 fully saturated rings. The van der Waals surface area contributed by atoms with Crippen LogP contribution in [0.2, 0.25) is 0 Å². The number of unbranched alkanes of at least 4 members (excludes halogenated alkanes) is 3. The number of sulfonamides is 1. The van der Waals surface area contributed by atoms with Crippen molar-refractivity contribution < 1.29 is 33.6 Å². The highest BCUT2D eigenvalue weighted by Gasteiger charge is 2.43. The maximum Gasteiger partial charge on any atom is 0.242 e. The summed E-state index contributed by atoms with van der Waals surface area (Å²) in [4.78, 5) is 4.97. The fraction of sp³-hybridized carbons (Fsp3) is 0.545. The second kappa shape index (κ2) is 12.4. The largest absolute Gasteiger partial charge is 0.394 e. The first-order valence-electron chi connectivity index (χ1n) is 12.0. The van der Waals surface area contributed by atoms with E-state index in [4.69, 9.17) is 4.74 Å². The zero-order valence-electron chi connectivity index (χ0n) is 20.0. The summed E-state index contributed by atoms with van der Waals surface area (Å²) in [6.45, 7) is 0.422. The van der Waals surface area contributed by atoms with Crippen LogP contribution in [0.4, 0.5) is 11.6 Å². The third-order valence-corrected chi connectivity index (χ3v) is 8.34. The lowest BCUT2D eigenvalue weighted by molar-refractivity contribution is -0.221. The minimum absolute atomic E-state index is 0.0507. The van der Waals surface area contributed by atoms with Crippen LogP contribution in [0.3, 0.4) is 0 Å². The van der Waals surface area contributed by atoms with Crippen molar-refractivity contribution in [3.8, 4) is 0 Å². The zero-order chi connectivity index (χ0) is 26.4. The van der Waals surface area contributed by atoms with Crippen LogP contribution in [-0.4, -0.2) is 92.9 Å². The van der Waals surface area contributed by atoms with Gasteiger partial charge in [0.2, 0.25) is 20.9 Å². The van der Waals surface area contributed by atoms with E-state index in [2.05, 4.69) is 24.7 Å². The van der Waals surface area contributed by atoms with Gasteiger partial charge in [-0.3, -0.25) is 4.40 Å². The van der Waals surface area contributed by atoms with Gasteiger partial charge in [0.05, 0.1) is 12.3 Å². The molecule has 5 atom stereocenters. The topological polar surface area (TPSA) is 191 Å². The monoisotopic (exact) mass is 556 g/mol. The van der Waals surface area contributed by atoms with E-state index in [0.29, 0.717) is 6.42 Å². The van der Waals surface area contributed by atoms with Crippen LogP contribution in [0.25, 0.3) is 4.96 Å². The quantitative estimate of drug-likeness (QED) is 0.140. The number of hydrogen-bond acceptors (Lipinski definition) is 12. The fourth-order valence-corrected chi connectivity index (χ4v) is 5.95. The Bertz CT molecular complexity index is 1250. The van der Waals surface area contributed by atoms with Gasteiger partial charge in [0, 0.05) is 37.0 Å². The number of hydrogen-bond donors (Lipinski definition) is 7. The lowest BCUT2D eigenvalue weighted by atomic mass is 9.98. The van der Waals surface area contributed by atoms with Crippen molar-refractivity contribution in [3.05, 3.63) is 36.7 Å². The molecule has 15 heteroatoms. The van der Waals surface area contributed by atoms with E-state index >= 15 is 0 Å². The molecule has 3 heterocycles. The van der Waals surface area contributed by atoms with Crippen molar-refractivity contribution in [3.63, 3.8) is 0 Å². The summed E-state index contributed by atoms with van der Waals surface area (Å²) in [6.07, 6.45) is -0.0738. The Balaban J connectivity index is 1.23. The summed E-state index contributed by atoms with van der Waals surface area (Å²) < 4.78 is 40.2. The van der Waals surface area contributed by atoms with Crippen molar-refractivity contribution in [2.45, 2.75) is 61.2 Å². The average Bonchev–Trinajstić information content (AvgIpc) is 3.51. The van der Waals surface area contributed by atoms with Crippen LogP contribution in [0.1, 0.15) is 25.7 Å². The molecule has 37 heavy (non-hydrogen) atoms. The second-order valence-corrected chi connectivity index (χ2v) is 11.2. The molecule has 1 aliphatic rings. The molecule has 4 rings (SSSR count). The number of anilines is 2. The smallest absolute Gasteiger partial charge is 0.242 e. The molecule has 5 unspecified atom stereocenters. The van der Waals surface area contributed by atoms with Crippen LogP contribution in [0.15, 0.2) is 41.6 Å². The minimum Gasteiger partial charge on any atom is -0.394 e. The molecule has 0 amide bonds. The predicted octanol–water partition coefficient (Wildman–Crippen LogP) is -0.0466. The van der Waals surface area contributed by atoms with Crippen LogP contribution in [-0.2, 0) is 14.8 Å². The lowest BCUT2D eigenvalue weighted by Crippen LogP contribution is -2.60. The van der Waals surface area contributed by atoms with Crippen LogP contribution < -0.4 is 15.4 Å². The van der Waals surface area contributed by atoms with E-state index in [1.807, 2.05) is 10.6 Å². The van der Waals surface area contributed by atoms with E-state index in [1.54, 1.807) is 18.3 Å². The zero-order valence-corrected chi connectivity index (χ0v) is 21.6. The maximum absolute atomic E-state index is 13.0. The van der Waals surface area contributed by atoms with Crippen molar-refractivity contribution in [2.75, 3.05) is 30.3 Å². The van der Waals surface area contributed by atoms with Crippen molar-refractivity contribution in [1.82, 2.24) is 18.5 Å². The van der Waals surface area contributed by atoms with Gasteiger partial charge in [-0.15, -0.1) is 0 Å². The van der Waals surface area contributed by atoms with E-state index in [-0.39, 0.29) is 17.1 Å². The van der Waals surface area contributed by atoms with Crippen LogP contribution >= 0.6 is 11.5 Å². The molecule has 2 aromatic heterocycles. The number of aliphatic hydroxyl groups is 4. The number of nitrogens with one attached hydrogen (secondary N) is 3. The molecule has 13 nitrogen and oxygen atoms in total. The lowest BCUT2D eigenvalue weighted by Gasteiger charge is -2.40. The Morgan fingerprint density at radius 1 is 1.03 bits per heavy atom. The summed E-state index contributed by atoms with van der Waals surface area (Å²) in [7, 11) is -3.88. The molecular weight excluding hydrogens is 524 g/mol. The maximum atomic E-state index is 13.0. The van der Waals surface area contributed by atoms with Gasteiger partial charge >= 0.3 is 0 Å². The molecule has 1 aromatic carbocycles. The molecule has 0 bridgehead atoms. The first kappa shape index (κ1) is 27.7. The first-order chi connectivity index (χ1) is 17.8. The SMILES string of the molecule is O=S(=O)(NCCCCCCNc1nsc2nccn12)c1ccccc1NC1OC(CO)C(O)C(O)C1O. The Morgan fingerprint density at radius 3 is 2.57 bits per heavy atom. The molecular formula is C22H32N6O7S2. The third kappa shape index (κ3) is 6.56. The highest BCUT2D eigenvalue weighted by atomic mass is 32.2. The molecule has 204 valence electrons. The van der Waals surface area contributed by atoms with E-state index in [9.17, 15) is 28.8 Å². The van der Waals surface area contributed by atoms with Gasteiger partial charge in [0.1, 0.15) is 29.3 Å². The second-order valence-electron chi connectivity index (χ2n) is 8.71. The van der Waals surface area contributed by atoms with Gasteiger partial charge in [-0.25, -0.2) is 18.1 Å². The average molecular weight is 557 g/mol. The molecule has 3 aromatic rings. The van der Waals surface area contributed by atoms with Gasteiger partial charge in [0.25, 0.3) is 0 Å². The van der Waals surface area contributed by atoms with Gasteiger partial charge in [-0.05, 0) is 25.0 Å². The van der Waals surface area contributed by atoms with Crippen LogP contribution in [0.5, 0.6) is 0 Å². The van der Waals surface area contributed by atoms with Crippen molar-refractivity contribution in [2.24, 2.45) is 0 Å². The number of benzene rings is 1. The standard InChI is InChI=1S/C22H32N6O7S2/c29-13-15-17(30)18(31)19(32)20(35-15)26-14-7-3-4-8-16(14)37(33,34)25-10-6-2-1-5-9-23-21-27-36-22-24-11-12-28(21)22/h3-4,7-8,11-12,15,17-20,25-26,29-32H,1-2,5-6,9-10,13H2,(H,23,27). The summed E-state index contributed by atoms with van der Waals surface area (Å²) in [6, 6.07) is 6.10. The Hall–Kier alpha value is -2.37. The summed E-state index contributed by atoms with van der Waals surface area (Å²) in [5, 5.41) is 45.7. The Morgan fingerprint density at radius 2 is 1.78 bits per heavy atom. The molecule has 0 spiro atoms. The number of fused-ring (bicyclic) bond motifs is 1. The number of aliphatic hydroxyl groups excluding tert-OH is 4. The normalized spacial score (nSPS) is 24.4. The Labute approximate surface area is 218 Å². The van der Waals surface area contributed by atoms with Crippen LogP contribution in [0, 0.1) is 0 Å². The van der Waals surface area contributed by atoms with E-state index in [1.165, 1.54) is 23.7 Å². The molecule has 0 aliphatic carbocycles. The molecule has 1 saturated heterocycles. The third-order valence-electron chi connectivity index (χ3n) is 6.09. The summed E-state index contributed by atoms with van der Waals surface area (Å²) in [5.74, 6) is 0.765. The van der Waals surface area contributed by atoms with E-state index < -0.39 is 47.3 Å². The number of para-hydroxylation sites is 1. The molecule has 7 N–H and O–H groups in total. The van der Waals surface area contributed by atoms with Gasteiger partial charge in [-0.1, -0.05) is 25.0 Å². The molecule has 1 aliphatic heterocycles. The first-order valence-corrected chi connectivity index (χ1v) is 14.3. The van der Waals surface area contributed by atoms with Gasteiger partial charge in [0.15, 0.2) is 6.23 Å². The van der Waals surface area contributed by atoms with Crippen molar-refractivity contribution >= 4 is 38.2 Å². The number of nitrogens with zero attached hydrogens (tertiary/aromatic N) is 3. The Kier molecular flexibility index (Phi) is 9.31. The van der Waals surface area contributed by atoms with E-state index in [0.717, 1.165) is 36.7 Å². The fourth-order valence-electron chi connectivity index (χ4n) is 4.05. The van der Waals surface area contributed by atoms with Gasteiger partial charge < -0.3 is 35.8 Å². The molecule has 0 radical (unpaired) electrons. The number of ether oxygens (including phenoxy) is 1. The highest BCUT2D eigenvalue weighted by Crippen LogP contribution is 2.27. The summed E-state index contributed by atoms with van der Waals surface area (Å²) >= 11 is 1.33. The highest BCUT2D eigenvalue weighted by molar-refractivity contribution is 7.89. The molecule has 0 saturated carbocycles. The minimum atomic E-state index is -3.88. The number of rotatable bonds is 13. The number of aromatic nitrogens is 3.